The van der Waals surface area contributed by atoms with Gasteiger partial charge in [-0.1, -0.05) is 0 Å². The molecule has 0 aromatic heterocycles. The van der Waals surface area contributed by atoms with Crippen LogP contribution in [-0.2, 0) is 0 Å². The van der Waals surface area contributed by atoms with Gasteiger partial charge in [-0.25, -0.2) is 0 Å². The van der Waals surface area contributed by atoms with Crippen LogP contribution in [0, 0.1) is 21.3 Å². The number of thioether (sulfide) groups is 2. The molecule has 0 N–H and O–H groups in total. The lowest BCUT2D eigenvalue weighted by atomic mass is 10.00. The van der Waals surface area contributed by atoms with Crippen LogP contribution in [0.3, 0.4) is 0 Å². The monoisotopic (exact) mass is 198 g/mol. The van der Waals surface area contributed by atoms with Crippen LogP contribution in [0.15, 0.2) is 0 Å². The van der Waals surface area contributed by atoms with Crippen molar-refractivity contribution in [2.75, 3.05) is 0 Å². The molecule has 0 bridgehead atoms. The number of hydrogen-bond acceptors (Lipinski definition) is 4. The lowest BCUT2D eigenvalue weighted by Crippen LogP contribution is -2.16. The van der Waals surface area contributed by atoms with Gasteiger partial charge in [0.15, 0.2) is 0 Å². The summed E-state index contributed by atoms with van der Waals surface area (Å²) in [7, 11) is 0. The molecule has 0 aliphatic heterocycles. The van der Waals surface area contributed by atoms with Crippen molar-refractivity contribution < 1.29 is 0 Å². The highest BCUT2D eigenvalue weighted by Gasteiger charge is 2.21. The number of thiocyanates is 2. The summed E-state index contributed by atoms with van der Waals surface area (Å²) in [5, 5.41) is 22.2. The zero-order valence-corrected chi connectivity index (χ0v) is 8.33. The highest BCUT2D eigenvalue weighted by Crippen LogP contribution is 2.33. The molecule has 0 radical (unpaired) electrons. The van der Waals surface area contributed by atoms with Crippen LogP contribution in [0.25, 0.3) is 0 Å². The normalized spacial score (nSPS) is 28.8. The first-order valence-corrected chi connectivity index (χ1v) is 5.72. The summed E-state index contributed by atoms with van der Waals surface area (Å²) in [6, 6.07) is 0. The summed E-state index contributed by atoms with van der Waals surface area (Å²) in [4.78, 5) is 0. The number of nitrogens with zero attached hydrogens (tertiary/aromatic N) is 2. The molecule has 1 aliphatic carbocycles. The lowest BCUT2D eigenvalue weighted by Gasteiger charge is -2.23. The predicted octanol–water partition coefficient (Wildman–Crippen LogP) is 2.73. The van der Waals surface area contributed by atoms with E-state index in [2.05, 4.69) is 10.8 Å². The van der Waals surface area contributed by atoms with Crippen molar-refractivity contribution in [1.82, 2.24) is 0 Å². The van der Waals surface area contributed by atoms with Crippen LogP contribution in [0.5, 0.6) is 0 Å². The summed E-state index contributed by atoms with van der Waals surface area (Å²) in [6.45, 7) is 0. The molecule has 1 saturated carbocycles. The van der Waals surface area contributed by atoms with Crippen molar-refractivity contribution in [2.45, 2.75) is 36.2 Å². The largest absolute Gasteiger partial charge is 0.185 e. The minimum atomic E-state index is 0.519. The molecule has 12 heavy (non-hydrogen) atoms. The highest BCUT2D eigenvalue weighted by molar-refractivity contribution is 8.04. The second-order valence-corrected chi connectivity index (χ2v) is 4.99. The Bertz CT molecular complexity index is 184. The van der Waals surface area contributed by atoms with Gasteiger partial charge in [-0.15, -0.1) is 0 Å². The lowest BCUT2D eigenvalue weighted by molar-refractivity contribution is 0.530. The number of rotatable bonds is 2. The first-order chi connectivity index (χ1) is 5.86. The fourth-order valence-corrected chi connectivity index (χ4v) is 2.73. The van der Waals surface area contributed by atoms with Crippen molar-refractivity contribution in [1.29, 1.82) is 10.5 Å². The molecule has 1 aliphatic rings. The van der Waals surface area contributed by atoms with Gasteiger partial charge in [-0.3, -0.25) is 0 Å². The molecule has 4 heteroatoms. The zero-order valence-electron chi connectivity index (χ0n) is 6.69. The molecule has 2 nitrogen and oxygen atoms in total. The summed E-state index contributed by atoms with van der Waals surface area (Å²) in [6.07, 6.45) is 4.38. The third-order valence-corrected chi connectivity index (χ3v) is 3.88. The molecule has 0 aromatic rings. The van der Waals surface area contributed by atoms with Crippen LogP contribution >= 0.6 is 23.5 Å². The second kappa shape index (κ2) is 5.35. The molecule has 1 rings (SSSR count). The SMILES string of the molecule is N#CSC1CCC(SC#N)CC1. The van der Waals surface area contributed by atoms with Gasteiger partial charge in [0.25, 0.3) is 0 Å². The second-order valence-electron chi connectivity index (χ2n) is 2.82. The molecule has 1 fully saturated rings. The maximum absolute atomic E-state index is 8.44. The average molecular weight is 198 g/mol. The van der Waals surface area contributed by atoms with Gasteiger partial charge >= 0.3 is 0 Å². The average Bonchev–Trinajstić information content (AvgIpc) is 2.09. The van der Waals surface area contributed by atoms with Crippen LogP contribution < -0.4 is 0 Å². The highest BCUT2D eigenvalue weighted by atomic mass is 32.2. The molecule has 0 spiro atoms. The van der Waals surface area contributed by atoms with Crippen LogP contribution in [0.2, 0.25) is 0 Å². The van der Waals surface area contributed by atoms with Crippen LogP contribution in [0.4, 0.5) is 0 Å². The van der Waals surface area contributed by atoms with Crippen molar-refractivity contribution >= 4 is 23.5 Å². The van der Waals surface area contributed by atoms with E-state index >= 15 is 0 Å². The van der Waals surface area contributed by atoms with E-state index in [9.17, 15) is 0 Å². The topological polar surface area (TPSA) is 47.6 Å². The standard InChI is InChI=1S/C8H10N2S2/c9-5-11-7-1-2-8(4-3-7)12-6-10/h7-8H,1-4H2. The van der Waals surface area contributed by atoms with Gasteiger partial charge in [-0.05, 0) is 49.2 Å². The smallest absolute Gasteiger partial charge is 0.133 e. The fourth-order valence-electron chi connectivity index (χ4n) is 1.42. The summed E-state index contributed by atoms with van der Waals surface area (Å²) < 4.78 is 0. The van der Waals surface area contributed by atoms with Crippen molar-refractivity contribution in [2.24, 2.45) is 0 Å². The third kappa shape index (κ3) is 2.97. The molecular weight excluding hydrogens is 188 g/mol. The Balaban J connectivity index is 2.22. The minimum Gasteiger partial charge on any atom is -0.185 e. The third-order valence-electron chi connectivity index (χ3n) is 2.06. The van der Waals surface area contributed by atoms with Gasteiger partial charge in [0.2, 0.25) is 0 Å². The maximum atomic E-state index is 8.44. The fraction of sp³-hybridized carbons (Fsp3) is 0.750. The molecule has 0 atom stereocenters. The molecule has 0 amide bonds. The van der Waals surface area contributed by atoms with E-state index in [4.69, 9.17) is 10.5 Å². The Hall–Kier alpha value is -0.320. The van der Waals surface area contributed by atoms with E-state index in [1.54, 1.807) is 0 Å². The molecule has 0 saturated heterocycles. The van der Waals surface area contributed by atoms with E-state index in [-0.39, 0.29) is 0 Å². The first-order valence-electron chi connectivity index (χ1n) is 3.96. The van der Waals surface area contributed by atoms with Crippen LogP contribution in [-0.4, -0.2) is 10.5 Å². The van der Waals surface area contributed by atoms with Crippen molar-refractivity contribution in [3.8, 4) is 10.8 Å². The van der Waals surface area contributed by atoms with E-state index in [0.717, 1.165) is 25.7 Å². The van der Waals surface area contributed by atoms with Gasteiger partial charge in [-0.2, -0.15) is 10.5 Å². The Kier molecular flexibility index (Phi) is 4.35. The van der Waals surface area contributed by atoms with Gasteiger partial charge in [0, 0.05) is 10.5 Å². The minimum absolute atomic E-state index is 0.519. The molecule has 0 heterocycles. The van der Waals surface area contributed by atoms with Crippen molar-refractivity contribution in [3.05, 3.63) is 0 Å². The van der Waals surface area contributed by atoms with E-state index in [1.165, 1.54) is 23.5 Å². The van der Waals surface area contributed by atoms with Gasteiger partial charge in [0.1, 0.15) is 10.8 Å². The van der Waals surface area contributed by atoms with Gasteiger partial charge in [0.05, 0.1) is 0 Å². The molecular formula is C8H10N2S2. The Morgan fingerprint density at radius 1 is 0.833 bits per heavy atom. The van der Waals surface area contributed by atoms with Gasteiger partial charge < -0.3 is 0 Å². The number of hydrogen-bond donors (Lipinski definition) is 0. The van der Waals surface area contributed by atoms with Crippen molar-refractivity contribution in [3.63, 3.8) is 0 Å². The van der Waals surface area contributed by atoms with E-state index < -0.39 is 0 Å². The van der Waals surface area contributed by atoms with Crippen LogP contribution in [0.1, 0.15) is 25.7 Å². The summed E-state index contributed by atoms with van der Waals surface area (Å²) in [5.74, 6) is 0. The number of nitriles is 2. The zero-order chi connectivity index (χ0) is 8.81. The Labute approximate surface area is 81.3 Å². The predicted molar refractivity (Wildman–Crippen MR) is 52.5 cm³/mol. The molecule has 0 unspecified atom stereocenters. The van der Waals surface area contributed by atoms with E-state index in [1.807, 2.05) is 0 Å². The molecule has 0 aromatic carbocycles. The molecule has 64 valence electrons. The first kappa shape index (κ1) is 9.77. The summed E-state index contributed by atoms with van der Waals surface area (Å²) in [5.41, 5.74) is 0. The Morgan fingerprint density at radius 3 is 1.42 bits per heavy atom. The Morgan fingerprint density at radius 2 is 1.17 bits per heavy atom. The maximum Gasteiger partial charge on any atom is 0.133 e. The quantitative estimate of drug-likeness (QED) is 0.640. The summed E-state index contributed by atoms with van der Waals surface area (Å²) >= 11 is 2.77. The van der Waals surface area contributed by atoms with E-state index in [0.29, 0.717) is 10.5 Å².